The molecule has 0 aliphatic carbocycles. The zero-order valence-corrected chi connectivity index (χ0v) is 25.9. The van der Waals surface area contributed by atoms with Gasteiger partial charge in [0.25, 0.3) is 0 Å². The Morgan fingerprint density at radius 3 is 2.22 bits per heavy atom. The monoisotopic (exact) mass is 586 g/mol. The Morgan fingerprint density at radius 2 is 1.59 bits per heavy atom. The molecule has 0 aromatic rings. The average Bonchev–Trinajstić information content (AvgIpc) is 3.22. The molecule has 37 heavy (non-hydrogen) atoms. The Bertz CT molecular complexity index is 853. The molecule has 0 saturated carbocycles. The van der Waals surface area contributed by atoms with Crippen LogP contribution in [-0.2, 0) is 18.9 Å². The quantitative estimate of drug-likeness (QED) is 0.294. The van der Waals surface area contributed by atoms with Gasteiger partial charge >= 0.3 is 0 Å². The number of alkyl halides is 1. The van der Waals surface area contributed by atoms with E-state index >= 15 is 0 Å². The standard InChI is InChI=1S/C30H51BrO6/c1-19(9-11-22(32)28(6)17-14-23(36-28)26(2,3)33)20-10-12-24-29(7,35-20)18-15-25(34-24)30(8)16-13-21(31)27(4,5)37-30/h9,20-25,32-33H,10-18H2,1-8H3/b19-9+/t20-,21-,22+,23-,24-,25-,28-,29+,30+/m1/s1. The van der Waals surface area contributed by atoms with Gasteiger partial charge in [0, 0.05) is 4.83 Å². The van der Waals surface area contributed by atoms with Crippen LogP contribution in [0.1, 0.15) is 113 Å². The van der Waals surface area contributed by atoms with Gasteiger partial charge in [-0.3, -0.25) is 0 Å². The van der Waals surface area contributed by atoms with Gasteiger partial charge in [-0.2, -0.15) is 0 Å². The van der Waals surface area contributed by atoms with Crippen LogP contribution in [0.15, 0.2) is 11.6 Å². The zero-order valence-electron chi connectivity index (χ0n) is 24.3. The number of hydrogen-bond acceptors (Lipinski definition) is 6. The summed E-state index contributed by atoms with van der Waals surface area (Å²) in [6.45, 7) is 16.4. The second-order valence-corrected chi connectivity index (χ2v) is 15.1. The number of hydrogen-bond donors (Lipinski definition) is 2. The van der Waals surface area contributed by atoms with E-state index in [1.54, 1.807) is 13.8 Å². The van der Waals surface area contributed by atoms with E-state index in [2.05, 4.69) is 56.6 Å². The molecule has 0 radical (unpaired) electrons. The summed E-state index contributed by atoms with van der Waals surface area (Å²) in [5, 5.41) is 21.3. The maximum absolute atomic E-state index is 11.0. The average molecular weight is 588 g/mol. The number of halogens is 1. The van der Waals surface area contributed by atoms with Crippen LogP contribution in [-0.4, -0.2) is 73.6 Å². The summed E-state index contributed by atoms with van der Waals surface area (Å²) in [7, 11) is 0. The first-order valence-corrected chi connectivity index (χ1v) is 15.3. The molecular formula is C30H51BrO6. The second-order valence-electron chi connectivity index (χ2n) is 14.0. The third-order valence-electron chi connectivity index (χ3n) is 9.82. The lowest BCUT2D eigenvalue weighted by Gasteiger charge is -2.55. The lowest BCUT2D eigenvalue weighted by atomic mass is 9.76. The van der Waals surface area contributed by atoms with Gasteiger partial charge in [-0.05, 0) is 119 Å². The first-order valence-electron chi connectivity index (χ1n) is 14.4. The van der Waals surface area contributed by atoms with E-state index < -0.39 is 17.3 Å². The minimum Gasteiger partial charge on any atom is -0.390 e. The molecular weight excluding hydrogens is 536 g/mol. The van der Waals surface area contributed by atoms with Crippen LogP contribution >= 0.6 is 15.9 Å². The molecule has 4 aliphatic heterocycles. The van der Waals surface area contributed by atoms with Crippen molar-refractivity contribution in [3.8, 4) is 0 Å². The summed E-state index contributed by atoms with van der Waals surface area (Å²) >= 11 is 3.80. The molecule has 0 unspecified atom stereocenters. The van der Waals surface area contributed by atoms with Crippen LogP contribution in [0.4, 0.5) is 0 Å². The van der Waals surface area contributed by atoms with Crippen LogP contribution in [0, 0.1) is 0 Å². The van der Waals surface area contributed by atoms with Crippen molar-refractivity contribution in [2.45, 2.75) is 177 Å². The zero-order chi connectivity index (χ0) is 27.4. The van der Waals surface area contributed by atoms with Gasteiger partial charge in [-0.15, -0.1) is 0 Å². The molecule has 0 bridgehead atoms. The van der Waals surface area contributed by atoms with E-state index in [1.807, 2.05) is 6.92 Å². The summed E-state index contributed by atoms with van der Waals surface area (Å²) in [5.74, 6) is 0. The Labute approximate surface area is 233 Å². The Hall–Kier alpha value is -0.0200. The minimum atomic E-state index is -0.903. The normalized spacial score (nSPS) is 45.9. The lowest BCUT2D eigenvalue weighted by molar-refractivity contribution is -0.284. The highest BCUT2D eigenvalue weighted by Gasteiger charge is 2.54. The molecule has 4 fully saturated rings. The summed E-state index contributed by atoms with van der Waals surface area (Å²) in [6.07, 6.45) is 9.26. The van der Waals surface area contributed by atoms with Crippen LogP contribution in [0.25, 0.3) is 0 Å². The van der Waals surface area contributed by atoms with Gasteiger partial charge in [0.1, 0.15) is 0 Å². The SMILES string of the molecule is C/C(=C\C[C@H](O)[C@@]1(C)CC[C@H](C(C)(C)O)O1)[C@H]1CC[C@H]2O[C@@H]([C@]3(C)CC[C@@H](Br)C(C)(C)O3)CC[C@]2(C)O1. The number of rotatable bonds is 6. The molecule has 0 spiro atoms. The minimum absolute atomic E-state index is 0.0321. The summed E-state index contributed by atoms with van der Waals surface area (Å²) in [6, 6.07) is 0. The predicted molar refractivity (Wildman–Crippen MR) is 149 cm³/mol. The van der Waals surface area contributed by atoms with Gasteiger partial charge in [0.2, 0.25) is 0 Å². The third kappa shape index (κ3) is 6.18. The van der Waals surface area contributed by atoms with Crippen LogP contribution in [0.2, 0.25) is 0 Å². The van der Waals surface area contributed by atoms with E-state index in [0.29, 0.717) is 11.2 Å². The lowest BCUT2D eigenvalue weighted by Crippen LogP contribution is -2.62. The predicted octanol–water partition coefficient (Wildman–Crippen LogP) is 5.99. The highest BCUT2D eigenvalue weighted by molar-refractivity contribution is 9.09. The number of ether oxygens (including phenoxy) is 4. The molecule has 4 heterocycles. The van der Waals surface area contributed by atoms with Gasteiger partial charge < -0.3 is 29.2 Å². The van der Waals surface area contributed by atoms with Crippen molar-refractivity contribution in [2.75, 3.05) is 0 Å². The van der Waals surface area contributed by atoms with Gasteiger partial charge in [-0.25, -0.2) is 0 Å². The fourth-order valence-electron chi connectivity index (χ4n) is 6.94. The molecule has 4 saturated heterocycles. The Morgan fingerprint density at radius 1 is 0.946 bits per heavy atom. The molecule has 4 aliphatic rings. The summed E-state index contributed by atoms with van der Waals surface area (Å²) in [5.41, 5.74) is -1.19. The fourth-order valence-corrected chi connectivity index (χ4v) is 7.26. The van der Waals surface area contributed by atoms with Crippen molar-refractivity contribution in [3.05, 3.63) is 11.6 Å². The van der Waals surface area contributed by atoms with E-state index in [0.717, 1.165) is 56.9 Å². The topological polar surface area (TPSA) is 77.4 Å². The number of fused-ring (bicyclic) bond motifs is 1. The van der Waals surface area contributed by atoms with E-state index in [4.69, 9.17) is 18.9 Å². The third-order valence-corrected chi connectivity index (χ3v) is 11.4. The molecule has 6 nitrogen and oxygen atoms in total. The molecule has 4 rings (SSSR count). The Balaban J connectivity index is 1.34. The Kier molecular flexibility index (Phi) is 8.44. The number of aliphatic hydroxyl groups excluding tert-OH is 1. The second kappa shape index (κ2) is 10.4. The van der Waals surface area contributed by atoms with Crippen molar-refractivity contribution in [2.24, 2.45) is 0 Å². The van der Waals surface area contributed by atoms with E-state index in [9.17, 15) is 10.2 Å². The first-order chi connectivity index (χ1) is 17.0. The maximum Gasteiger partial charge on any atom is 0.0924 e. The maximum atomic E-state index is 11.0. The molecule has 0 amide bonds. The van der Waals surface area contributed by atoms with Crippen molar-refractivity contribution in [1.29, 1.82) is 0 Å². The van der Waals surface area contributed by atoms with Crippen molar-refractivity contribution >= 4 is 15.9 Å². The summed E-state index contributed by atoms with van der Waals surface area (Å²) < 4.78 is 26.3. The van der Waals surface area contributed by atoms with Crippen LogP contribution < -0.4 is 0 Å². The van der Waals surface area contributed by atoms with E-state index in [1.165, 1.54) is 0 Å². The highest BCUT2D eigenvalue weighted by atomic mass is 79.9. The van der Waals surface area contributed by atoms with Gasteiger partial charge in [0.15, 0.2) is 0 Å². The van der Waals surface area contributed by atoms with Gasteiger partial charge in [0.05, 0.1) is 58.5 Å². The smallest absolute Gasteiger partial charge is 0.0924 e. The van der Waals surface area contributed by atoms with Crippen molar-refractivity contribution < 1.29 is 29.2 Å². The van der Waals surface area contributed by atoms with E-state index in [-0.39, 0.29) is 41.2 Å². The van der Waals surface area contributed by atoms with Crippen LogP contribution in [0.5, 0.6) is 0 Å². The highest BCUT2D eigenvalue weighted by Crippen LogP contribution is 2.48. The molecule has 0 aromatic heterocycles. The fraction of sp³-hybridized carbons (Fsp3) is 0.933. The summed E-state index contributed by atoms with van der Waals surface area (Å²) in [4.78, 5) is 0.361. The molecule has 214 valence electrons. The molecule has 0 aromatic carbocycles. The van der Waals surface area contributed by atoms with Gasteiger partial charge in [-0.1, -0.05) is 22.0 Å². The van der Waals surface area contributed by atoms with Crippen molar-refractivity contribution in [1.82, 2.24) is 0 Å². The van der Waals surface area contributed by atoms with Crippen molar-refractivity contribution in [3.63, 3.8) is 0 Å². The largest absolute Gasteiger partial charge is 0.390 e. The molecule has 9 atom stereocenters. The molecule has 2 N–H and O–H groups in total. The van der Waals surface area contributed by atoms with Crippen LogP contribution in [0.3, 0.4) is 0 Å². The first kappa shape index (κ1) is 30.0. The molecule has 7 heteroatoms. The number of aliphatic hydroxyl groups is 2.